The van der Waals surface area contributed by atoms with E-state index in [1.54, 1.807) is 4.57 Å². The monoisotopic (exact) mass is 321 g/mol. The van der Waals surface area contributed by atoms with E-state index in [0.29, 0.717) is 18.8 Å². The average molecular weight is 322 g/mol. The minimum Gasteiger partial charge on any atom is -0.378 e. The maximum absolute atomic E-state index is 11.5. The Balaban J connectivity index is 2.08. The normalized spacial score (nSPS) is 20.2. The van der Waals surface area contributed by atoms with Crippen LogP contribution in [0.25, 0.3) is 0 Å². The zero-order valence-corrected chi connectivity index (χ0v) is 13.2. The minimum absolute atomic E-state index is 0.152. The van der Waals surface area contributed by atoms with E-state index in [9.17, 15) is 8.42 Å². The summed E-state index contributed by atoms with van der Waals surface area (Å²) in [7, 11) is 1.54. The van der Waals surface area contributed by atoms with Crippen molar-refractivity contribution in [1.29, 1.82) is 0 Å². The number of aromatic nitrogens is 3. The Labute approximate surface area is 123 Å². The average Bonchev–Trinajstić information content (AvgIpc) is 2.81. The van der Waals surface area contributed by atoms with Crippen LogP contribution >= 0.6 is 10.7 Å². The molecule has 0 N–H and O–H groups in total. The van der Waals surface area contributed by atoms with Crippen LogP contribution in [0.3, 0.4) is 0 Å². The topological polar surface area (TPSA) is 74.1 Å². The van der Waals surface area contributed by atoms with Gasteiger partial charge in [-0.3, -0.25) is 0 Å². The largest absolute Gasteiger partial charge is 0.378 e. The van der Waals surface area contributed by atoms with Crippen LogP contribution < -0.4 is 0 Å². The molecule has 1 unspecified atom stereocenters. The highest BCUT2D eigenvalue weighted by Crippen LogP contribution is 2.20. The van der Waals surface area contributed by atoms with Gasteiger partial charge in [0.1, 0.15) is 5.82 Å². The summed E-state index contributed by atoms with van der Waals surface area (Å²) in [6, 6.07) is 0. The maximum atomic E-state index is 11.5. The standard InChI is InChI=1S/C12H20ClN3O3S/c1-2-8-16-11(14-15-12(16)20(13,17)18)7-6-10-5-3-4-9-19-10/h10H,2-9H2,1H3. The molecular formula is C12H20ClN3O3S. The molecular weight excluding hydrogens is 302 g/mol. The molecule has 0 bridgehead atoms. The highest BCUT2D eigenvalue weighted by atomic mass is 35.7. The van der Waals surface area contributed by atoms with E-state index in [1.807, 2.05) is 6.92 Å². The molecule has 0 aromatic carbocycles. The van der Waals surface area contributed by atoms with Crippen molar-refractivity contribution in [1.82, 2.24) is 14.8 Å². The number of nitrogens with zero attached hydrogens (tertiary/aromatic N) is 3. The van der Waals surface area contributed by atoms with Crippen LogP contribution in [0.15, 0.2) is 5.16 Å². The Hall–Kier alpha value is -0.660. The van der Waals surface area contributed by atoms with Gasteiger partial charge in [0.15, 0.2) is 0 Å². The van der Waals surface area contributed by atoms with Gasteiger partial charge in [-0.2, -0.15) is 0 Å². The van der Waals surface area contributed by atoms with E-state index in [-0.39, 0.29) is 11.3 Å². The van der Waals surface area contributed by atoms with Crippen molar-refractivity contribution in [3.8, 4) is 0 Å². The molecule has 1 saturated heterocycles. The molecule has 1 aromatic heterocycles. The van der Waals surface area contributed by atoms with Gasteiger partial charge in [-0.25, -0.2) is 8.42 Å². The lowest BCUT2D eigenvalue weighted by atomic mass is 10.0. The predicted molar refractivity (Wildman–Crippen MR) is 75.3 cm³/mol. The van der Waals surface area contributed by atoms with Gasteiger partial charge in [0.05, 0.1) is 6.10 Å². The van der Waals surface area contributed by atoms with Gasteiger partial charge in [0, 0.05) is 30.3 Å². The molecule has 6 nitrogen and oxygen atoms in total. The van der Waals surface area contributed by atoms with Crippen molar-refractivity contribution in [3.05, 3.63) is 5.82 Å². The third-order valence-electron chi connectivity index (χ3n) is 3.42. The van der Waals surface area contributed by atoms with Gasteiger partial charge in [-0.1, -0.05) is 6.92 Å². The third-order valence-corrected chi connectivity index (χ3v) is 4.57. The van der Waals surface area contributed by atoms with Crippen LogP contribution in [0.4, 0.5) is 0 Å². The second-order valence-corrected chi connectivity index (χ2v) is 7.48. The first-order chi connectivity index (χ1) is 9.52. The SMILES string of the molecule is CCCn1c(CCC2CCCCO2)nnc1S(=O)(=O)Cl. The Morgan fingerprint density at radius 1 is 1.40 bits per heavy atom. The molecule has 0 spiro atoms. The second-order valence-electron chi connectivity index (χ2n) is 5.02. The molecule has 1 aromatic rings. The first-order valence-electron chi connectivity index (χ1n) is 7.00. The van der Waals surface area contributed by atoms with Gasteiger partial charge in [0.2, 0.25) is 0 Å². The van der Waals surface area contributed by atoms with Crippen LogP contribution in [0, 0.1) is 0 Å². The molecule has 1 fully saturated rings. The smallest absolute Gasteiger partial charge is 0.296 e. The van der Waals surface area contributed by atoms with Crippen molar-refractivity contribution < 1.29 is 13.2 Å². The van der Waals surface area contributed by atoms with E-state index < -0.39 is 9.05 Å². The van der Waals surface area contributed by atoms with Crippen molar-refractivity contribution in [2.24, 2.45) is 0 Å². The summed E-state index contributed by atoms with van der Waals surface area (Å²) in [6.45, 7) is 3.33. The van der Waals surface area contributed by atoms with Gasteiger partial charge in [0.25, 0.3) is 14.2 Å². The van der Waals surface area contributed by atoms with E-state index >= 15 is 0 Å². The van der Waals surface area contributed by atoms with E-state index in [0.717, 1.165) is 32.3 Å². The van der Waals surface area contributed by atoms with Crippen molar-refractivity contribution in [3.63, 3.8) is 0 Å². The number of hydrogen-bond donors (Lipinski definition) is 0. The highest BCUT2D eigenvalue weighted by Gasteiger charge is 2.23. The molecule has 2 heterocycles. The lowest BCUT2D eigenvalue weighted by molar-refractivity contribution is 0.0111. The fraction of sp³-hybridized carbons (Fsp3) is 0.833. The van der Waals surface area contributed by atoms with Gasteiger partial charge < -0.3 is 9.30 Å². The van der Waals surface area contributed by atoms with Crippen LogP contribution in [-0.2, 0) is 26.8 Å². The molecule has 1 aliphatic heterocycles. The molecule has 1 atom stereocenters. The number of ether oxygens (including phenoxy) is 1. The Morgan fingerprint density at radius 2 is 2.20 bits per heavy atom. The molecule has 0 saturated carbocycles. The number of aryl methyl sites for hydroxylation is 1. The lowest BCUT2D eigenvalue weighted by Crippen LogP contribution is -2.20. The van der Waals surface area contributed by atoms with Crippen LogP contribution in [0.1, 0.15) is 44.9 Å². The van der Waals surface area contributed by atoms with Crippen molar-refractivity contribution in [2.45, 2.75) is 63.3 Å². The quantitative estimate of drug-likeness (QED) is 0.750. The third kappa shape index (κ3) is 3.93. The molecule has 0 aliphatic carbocycles. The Morgan fingerprint density at radius 3 is 2.80 bits per heavy atom. The summed E-state index contributed by atoms with van der Waals surface area (Å²) in [5, 5.41) is 7.55. The predicted octanol–water partition coefficient (Wildman–Crippen LogP) is 2.12. The zero-order chi connectivity index (χ0) is 14.6. The van der Waals surface area contributed by atoms with E-state index in [1.165, 1.54) is 6.42 Å². The molecule has 8 heteroatoms. The number of rotatable bonds is 6. The van der Waals surface area contributed by atoms with Crippen molar-refractivity contribution >= 4 is 19.7 Å². The fourth-order valence-corrected chi connectivity index (χ4v) is 3.40. The molecule has 20 heavy (non-hydrogen) atoms. The van der Waals surface area contributed by atoms with Crippen LogP contribution in [0.5, 0.6) is 0 Å². The van der Waals surface area contributed by atoms with Crippen LogP contribution in [0.2, 0.25) is 0 Å². The first kappa shape index (κ1) is 15.7. The molecule has 0 radical (unpaired) electrons. The zero-order valence-electron chi connectivity index (χ0n) is 11.6. The van der Waals surface area contributed by atoms with Gasteiger partial charge >= 0.3 is 0 Å². The minimum atomic E-state index is -3.85. The van der Waals surface area contributed by atoms with E-state index in [4.69, 9.17) is 15.4 Å². The molecule has 114 valence electrons. The van der Waals surface area contributed by atoms with Gasteiger partial charge in [-0.15, -0.1) is 10.2 Å². The summed E-state index contributed by atoms with van der Waals surface area (Å²) in [6.07, 6.45) is 5.90. The molecule has 1 aliphatic rings. The van der Waals surface area contributed by atoms with E-state index in [2.05, 4.69) is 10.2 Å². The summed E-state index contributed by atoms with van der Waals surface area (Å²) in [5.41, 5.74) is 0. The highest BCUT2D eigenvalue weighted by molar-refractivity contribution is 8.13. The van der Waals surface area contributed by atoms with Gasteiger partial charge in [-0.05, 0) is 32.1 Å². The number of halogens is 1. The lowest BCUT2D eigenvalue weighted by Gasteiger charge is -2.22. The Bertz CT molecular complexity index is 538. The van der Waals surface area contributed by atoms with Crippen molar-refractivity contribution in [2.75, 3.05) is 6.61 Å². The maximum Gasteiger partial charge on any atom is 0.296 e. The summed E-state index contributed by atoms with van der Waals surface area (Å²) < 4.78 is 30.2. The first-order valence-corrected chi connectivity index (χ1v) is 9.31. The summed E-state index contributed by atoms with van der Waals surface area (Å²) in [4.78, 5) is 0. The summed E-state index contributed by atoms with van der Waals surface area (Å²) in [5.74, 6) is 0.667. The molecule has 2 rings (SSSR count). The summed E-state index contributed by atoms with van der Waals surface area (Å²) >= 11 is 0. The Kier molecular flexibility index (Phi) is 5.40. The second kappa shape index (κ2) is 6.87. The fourth-order valence-electron chi connectivity index (χ4n) is 2.46. The molecule has 0 amide bonds. The van der Waals surface area contributed by atoms with Crippen LogP contribution in [-0.4, -0.2) is 35.9 Å². The number of hydrogen-bond acceptors (Lipinski definition) is 5.